The van der Waals surface area contributed by atoms with E-state index >= 15 is 4.39 Å². The molecule has 1 aromatic carbocycles. The Labute approximate surface area is 237 Å². The number of aliphatic imine (C=N–C) groups is 1. The Morgan fingerprint density at radius 2 is 1.93 bits per heavy atom. The quantitative estimate of drug-likeness (QED) is 0.189. The first-order valence-corrected chi connectivity index (χ1v) is 13.4. The summed E-state index contributed by atoms with van der Waals surface area (Å²) in [5.74, 6) is -1.65. The maximum absolute atomic E-state index is 15.2. The molecule has 13 nitrogen and oxygen atoms in total. The molecule has 0 saturated carbocycles. The van der Waals surface area contributed by atoms with E-state index in [9.17, 15) is 14.4 Å². The van der Waals surface area contributed by atoms with Crippen molar-refractivity contribution in [1.82, 2.24) is 9.88 Å². The van der Waals surface area contributed by atoms with E-state index in [1.165, 1.54) is 24.9 Å². The number of primary amides is 1. The molecule has 2 atom stereocenters. The summed E-state index contributed by atoms with van der Waals surface area (Å²) < 4.78 is 20.3. The van der Waals surface area contributed by atoms with E-state index in [0.717, 1.165) is 18.5 Å². The van der Waals surface area contributed by atoms with Gasteiger partial charge in [-0.05, 0) is 50.5 Å². The largest absolute Gasteiger partial charge is 0.416 e. The van der Waals surface area contributed by atoms with Gasteiger partial charge in [0.15, 0.2) is 11.7 Å². The zero-order valence-corrected chi connectivity index (χ0v) is 23.1. The van der Waals surface area contributed by atoms with Crippen LogP contribution in [-0.4, -0.2) is 71.3 Å². The second-order valence-corrected chi connectivity index (χ2v) is 10.4. The van der Waals surface area contributed by atoms with Crippen LogP contribution in [0.15, 0.2) is 41.5 Å². The minimum Gasteiger partial charge on any atom is -0.396 e. The Bertz CT molecular complexity index is 1310. The lowest BCUT2D eigenvalue weighted by molar-refractivity contribution is -0.119. The average Bonchev–Trinajstić information content (AvgIpc) is 2.89. The Kier molecular flexibility index (Phi) is 9.03. The lowest BCUT2D eigenvalue weighted by atomic mass is 10.0. The van der Waals surface area contributed by atoms with Crippen molar-refractivity contribution in [3.05, 3.63) is 42.1 Å². The average molecular weight is 570 g/mol. The normalized spacial score (nSPS) is 20.0. The van der Waals surface area contributed by atoms with E-state index in [1.807, 2.05) is 24.3 Å². The Morgan fingerprint density at radius 3 is 2.56 bits per heavy atom. The lowest BCUT2D eigenvalue weighted by Crippen LogP contribution is -2.50. The molecule has 2 aromatic rings. The number of benzene rings is 1. The van der Waals surface area contributed by atoms with Crippen molar-refractivity contribution >= 4 is 46.7 Å². The van der Waals surface area contributed by atoms with Gasteiger partial charge >= 0.3 is 6.09 Å². The molecule has 14 heteroatoms. The predicted octanol–water partition coefficient (Wildman–Crippen LogP) is 2.41. The third kappa shape index (κ3) is 7.89. The van der Waals surface area contributed by atoms with Gasteiger partial charge in [-0.15, -0.1) is 0 Å². The highest BCUT2D eigenvalue weighted by Gasteiger charge is 2.33. The van der Waals surface area contributed by atoms with Crippen molar-refractivity contribution < 1.29 is 23.5 Å². The number of halogens is 1. The van der Waals surface area contributed by atoms with Gasteiger partial charge < -0.3 is 30.9 Å². The van der Waals surface area contributed by atoms with Crippen LogP contribution in [-0.2, 0) is 9.53 Å². The molecule has 1 aromatic heterocycles. The molecule has 4 rings (SSSR count). The number of nitrogens with zero attached hydrogens (tertiary/aromatic N) is 4. The van der Waals surface area contributed by atoms with Gasteiger partial charge in [0.25, 0.3) is 5.91 Å². The van der Waals surface area contributed by atoms with Crippen LogP contribution in [0.1, 0.15) is 49.9 Å². The molecule has 2 saturated heterocycles. The summed E-state index contributed by atoms with van der Waals surface area (Å²) in [6.07, 6.45) is 1.74. The molecule has 2 aliphatic rings. The number of piperidine rings is 2. The number of carbonyl (C=O) groups is 3. The summed E-state index contributed by atoms with van der Waals surface area (Å²) >= 11 is 0. The summed E-state index contributed by atoms with van der Waals surface area (Å²) in [5, 5.41) is 6.22. The lowest BCUT2D eigenvalue weighted by Gasteiger charge is -2.35. The maximum Gasteiger partial charge on any atom is 0.416 e. The molecule has 1 unspecified atom stereocenters. The van der Waals surface area contributed by atoms with Crippen molar-refractivity contribution in [2.45, 2.75) is 57.5 Å². The number of likely N-dealkylation sites (tertiary alicyclic amines) is 1. The molecular formula is C27H36FN9O4. The van der Waals surface area contributed by atoms with Crippen LogP contribution in [0.3, 0.4) is 0 Å². The number of rotatable bonds is 7. The van der Waals surface area contributed by atoms with Crippen LogP contribution in [0, 0.1) is 0 Å². The summed E-state index contributed by atoms with van der Waals surface area (Å²) in [6, 6.07) is 8.23. The van der Waals surface area contributed by atoms with Gasteiger partial charge in [0, 0.05) is 50.1 Å². The highest BCUT2D eigenvalue weighted by molar-refractivity contribution is 5.99. The first kappa shape index (κ1) is 29.7. The third-order valence-electron chi connectivity index (χ3n) is 6.72. The number of hydrogen-bond donors (Lipinski definition) is 5. The highest BCUT2D eigenvalue weighted by Crippen LogP contribution is 2.27. The maximum atomic E-state index is 15.2. The van der Waals surface area contributed by atoms with Crippen LogP contribution in [0.4, 0.5) is 32.1 Å². The van der Waals surface area contributed by atoms with Crippen molar-refractivity contribution in [3.63, 3.8) is 0 Å². The van der Waals surface area contributed by atoms with Crippen molar-refractivity contribution in [2.24, 2.45) is 22.2 Å². The molecular weight excluding hydrogens is 533 g/mol. The van der Waals surface area contributed by atoms with E-state index < -0.39 is 30.0 Å². The predicted molar refractivity (Wildman–Crippen MR) is 154 cm³/mol. The fourth-order valence-electron chi connectivity index (χ4n) is 4.78. The molecule has 0 spiro atoms. The van der Waals surface area contributed by atoms with Crippen LogP contribution in [0.2, 0.25) is 0 Å². The summed E-state index contributed by atoms with van der Waals surface area (Å²) in [5.41, 5.74) is 18.7. The first-order chi connectivity index (χ1) is 19.4. The minimum absolute atomic E-state index is 0.0318. The molecule has 8 N–H and O–H groups in total. The summed E-state index contributed by atoms with van der Waals surface area (Å²) in [7, 11) is 0. The molecule has 0 radical (unpaired) electrons. The zero-order chi connectivity index (χ0) is 29.7. The zero-order valence-electron chi connectivity index (χ0n) is 23.1. The number of alkyl halides is 1. The standard InChI is InChI=1S/C27H36FN9O4/c1-16(35-27(2,30)31)41-26(40)36-12-10-21(20(28)15-36)34-22-13-23(32-14-19(22)25(29)39)33-17-6-8-18(9-7-17)37-11-4-3-5-24(37)38/h6-9,13-14,20-21H,3-5,10-12,15,30-31H2,1-2H3,(H2,29,39)(H2,32,33,34)/t20-,21?/m0/s1. The van der Waals surface area contributed by atoms with E-state index in [1.54, 1.807) is 11.0 Å². The molecule has 2 aliphatic heterocycles. The topological polar surface area (TPSA) is 194 Å². The number of ether oxygens (including phenoxy) is 1. The number of nitrogens with two attached hydrogens (primary N) is 3. The van der Waals surface area contributed by atoms with Gasteiger partial charge in [-0.3, -0.25) is 21.1 Å². The molecule has 3 amide bonds. The van der Waals surface area contributed by atoms with Gasteiger partial charge in [-0.2, -0.15) is 0 Å². The molecule has 41 heavy (non-hydrogen) atoms. The van der Waals surface area contributed by atoms with Crippen LogP contribution in [0.5, 0.6) is 0 Å². The summed E-state index contributed by atoms with van der Waals surface area (Å²) in [6.45, 7) is 3.53. The smallest absolute Gasteiger partial charge is 0.396 e. The number of nitrogens with one attached hydrogen (secondary N) is 2. The highest BCUT2D eigenvalue weighted by atomic mass is 19.1. The fourth-order valence-corrected chi connectivity index (χ4v) is 4.78. The Balaban J connectivity index is 1.41. The van der Waals surface area contributed by atoms with E-state index in [4.69, 9.17) is 21.9 Å². The Morgan fingerprint density at radius 1 is 1.20 bits per heavy atom. The van der Waals surface area contributed by atoms with Crippen molar-refractivity contribution in [1.29, 1.82) is 0 Å². The first-order valence-electron chi connectivity index (χ1n) is 13.4. The van der Waals surface area contributed by atoms with Gasteiger partial charge in [-0.1, -0.05) is 0 Å². The Hall–Kier alpha value is -4.30. The minimum atomic E-state index is -1.47. The SMILES string of the molecule is CC(=NC(C)(N)N)OC(=O)N1CCC(Nc2cc(Nc3ccc(N4CCCCC4=O)cc3)ncc2C(N)=O)[C@@H](F)C1. The second-order valence-electron chi connectivity index (χ2n) is 10.4. The number of amides is 3. The van der Waals surface area contributed by atoms with E-state index in [0.29, 0.717) is 30.2 Å². The molecule has 0 aliphatic carbocycles. The van der Waals surface area contributed by atoms with Crippen LogP contribution in [0.25, 0.3) is 0 Å². The fraction of sp³-hybridized carbons (Fsp3) is 0.444. The van der Waals surface area contributed by atoms with Crippen molar-refractivity contribution in [3.8, 4) is 0 Å². The van der Waals surface area contributed by atoms with Gasteiger partial charge in [-0.25, -0.2) is 19.2 Å². The summed E-state index contributed by atoms with van der Waals surface area (Å²) in [4.78, 5) is 47.9. The monoisotopic (exact) mass is 569 g/mol. The van der Waals surface area contributed by atoms with E-state index in [2.05, 4.69) is 20.6 Å². The van der Waals surface area contributed by atoms with Gasteiger partial charge in [0.2, 0.25) is 5.91 Å². The number of pyridine rings is 1. The van der Waals surface area contributed by atoms with Gasteiger partial charge in [0.05, 0.1) is 23.8 Å². The third-order valence-corrected chi connectivity index (χ3v) is 6.72. The van der Waals surface area contributed by atoms with E-state index in [-0.39, 0.29) is 36.9 Å². The molecule has 2 fully saturated rings. The molecule has 220 valence electrons. The number of anilines is 4. The number of carbonyl (C=O) groups excluding carboxylic acids is 3. The van der Waals surface area contributed by atoms with Crippen molar-refractivity contribution in [2.75, 3.05) is 35.2 Å². The molecule has 0 bridgehead atoms. The molecule has 3 heterocycles. The second kappa shape index (κ2) is 12.5. The van der Waals surface area contributed by atoms with Gasteiger partial charge in [0.1, 0.15) is 12.0 Å². The van der Waals surface area contributed by atoms with Crippen LogP contribution >= 0.6 is 0 Å². The number of hydrogen-bond acceptors (Lipinski definition) is 10. The van der Waals surface area contributed by atoms with Crippen LogP contribution < -0.4 is 32.7 Å². The number of aromatic nitrogens is 1.